The molecule has 0 amide bonds. The Morgan fingerprint density at radius 3 is 2.56 bits per heavy atom. The Morgan fingerprint density at radius 2 is 2.11 bits per heavy atom. The van der Waals surface area contributed by atoms with Crippen LogP contribution >= 0.6 is 39.1 Å². The van der Waals surface area contributed by atoms with Crippen molar-refractivity contribution in [3.05, 3.63) is 27.0 Å². The quantitative estimate of drug-likeness (QED) is 0.593. The van der Waals surface area contributed by atoms with E-state index in [1.165, 1.54) is 0 Å². The molecule has 0 spiro atoms. The lowest BCUT2D eigenvalue weighted by Crippen LogP contribution is -1.87. The summed E-state index contributed by atoms with van der Waals surface area (Å²) in [6.07, 6.45) is 4.69. The van der Waals surface area contributed by atoms with Gasteiger partial charge in [-0.1, -0.05) is 45.2 Å². The number of hydrogen-bond donors (Lipinski definition) is 0. The van der Waals surface area contributed by atoms with Crippen molar-refractivity contribution in [2.45, 2.75) is 6.42 Å². The average Bonchev–Trinajstić information content (AvgIpc) is 1.83. The summed E-state index contributed by atoms with van der Waals surface area (Å²) in [6, 6.07) is 0. The van der Waals surface area contributed by atoms with Crippen LogP contribution in [0.25, 0.3) is 0 Å². The summed E-state index contributed by atoms with van der Waals surface area (Å²) in [5.74, 6) is 0. The van der Waals surface area contributed by atoms with Crippen LogP contribution in [0.5, 0.6) is 0 Å². The predicted molar refractivity (Wildman–Crippen MR) is 44.7 cm³/mol. The predicted octanol–water partition coefficient (Wildman–Crippen LogP) is 3.56. The molecule has 0 aliphatic heterocycles. The molecule has 0 fully saturated rings. The van der Waals surface area contributed by atoms with E-state index in [9.17, 15) is 0 Å². The summed E-state index contributed by atoms with van der Waals surface area (Å²) < 4.78 is 0.886. The molecular formula is C6H4BrCl2. The van der Waals surface area contributed by atoms with Gasteiger partial charge in [-0.15, -0.1) is 0 Å². The fourth-order valence-electron chi connectivity index (χ4n) is 0.559. The lowest BCUT2D eigenvalue weighted by molar-refractivity contribution is 1.24. The van der Waals surface area contributed by atoms with E-state index in [4.69, 9.17) is 23.2 Å². The van der Waals surface area contributed by atoms with Gasteiger partial charge in [0.05, 0.1) is 10.1 Å². The summed E-state index contributed by atoms with van der Waals surface area (Å²) in [5.41, 5.74) is 0. The molecule has 0 aromatic heterocycles. The van der Waals surface area contributed by atoms with Crippen LogP contribution in [0.3, 0.4) is 0 Å². The van der Waals surface area contributed by atoms with E-state index >= 15 is 0 Å². The molecule has 0 saturated heterocycles. The van der Waals surface area contributed by atoms with Gasteiger partial charge in [-0.05, 0) is 6.42 Å². The summed E-state index contributed by atoms with van der Waals surface area (Å²) in [6.45, 7) is 0. The van der Waals surface area contributed by atoms with Crippen molar-refractivity contribution >= 4 is 39.1 Å². The molecule has 0 N–H and O–H groups in total. The first-order valence-corrected chi connectivity index (χ1v) is 4.01. The number of rotatable bonds is 0. The van der Waals surface area contributed by atoms with Gasteiger partial charge in [0.2, 0.25) is 0 Å². The largest absolute Gasteiger partial charge is 0.0830 e. The topological polar surface area (TPSA) is 0 Å². The van der Waals surface area contributed by atoms with Gasteiger partial charge in [-0.25, -0.2) is 0 Å². The molecule has 0 saturated carbocycles. The summed E-state index contributed by atoms with van der Waals surface area (Å²) in [4.78, 5) is 0. The van der Waals surface area contributed by atoms with Crippen LogP contribution in [-0.2, 0) is 0 Å². The molecule has 0 aromatic rings. The zero-order chi connectivity index (χ0) is 6.85. The molecule has 1 rings (SSSR count). The SMILES string of the molecule is ClC1=CC[CH]C(Br)=C1Cl. The van der Waals surface area contributed by atoms with Crippen molar-refractivity contribution in [1.29, 1.82) is 0 Å². The average molecular weight is 227 g/mol. The number of hydrogen-bond acceptors (Lipinski definition) is 0. The highest BCUT2D eigenvalue weighted by atomic mass is 79.9. The Morgan fingerprint density at radius 1 is 1.44 bits per heavy atom. The maximum absolute atomic E-state index is 5.72. The Bertz CT molecular complexity index is 181. The van der Waals surface area contributed by atoms with Gasteiger partial charge in [-0.2, -0.15) is 0 Å². The minimum atomic E-state index is 0.600. The molecule has 0 aromatic carbocycles. The zero-order valence-electron chi connectivity index (χ0n) is 4.50. The van der Waals surface area contributed by atoms with Crippen molar-refractivity contribution in [3.8, 4) is 0 Å². The number of halogens is 3. The first kappa shape index (κ1) is 7.64. The summed E-state index contributed by atoms with van der Waals surface area (Å²) in [7, 11) is 0. The first-order valence-electron chi connectivity index (χ1n) is 2.46. The molecule has 9 heavy (non-hydrogen) atoms. The van der Waals surface area contributed by atoms with Crippen molar-refractivity contribution in [2.75, 3.05) is 0 Å². The third kappa shape index (κ3) is 1.73. The molecule has 0 bridgehead atoms. The van der Waals surface area contributed by atoms with E-state index in [1.54, 1.807) is 0 Å². The second-order valence-electron chi connectivity index (χ2n) is 1.65. The molecule has 1 aliphatic rings. The second-order valence-corrected chi connectivity index (χ2v) is 3.29. The Labute approximate surface area is 72.7 Å². The van der Waals surface area contributed by atoms with Crippen molar-refractivity contribution in [1.82, 2.24) is 0 Å². The normalized spacial score (nSPS) is 20.1. The van der Waals surface area contributed by atoms with Crippen LogP contribution in [0.15, 0.2) is 20.6 Å². The van der Waals surface area contributed by atoms with E-state index in [0.717, 1.165) is 10.9 Å². The highest BCUT2D eigenvalue weighted by Gasteiger charge is 2.09. The highest BCUT2D eigenvalue weighted by Crippen LogP contribution is 2.32. The standard InChI is InChI=1S/C6H4BrCl2/c7-4-2-1-3-5(8)6(4)9/h2-3H,1H2. The maximum Gasteiger partial charge on any atom is 0.0693 e. The smallest absolute Gasteiger partial charge is 0.0693 e. The van der Waals surface area contributed by atoms with Crippen molar-refractivity contribution < 1.29 is 0 Å². The van der Waals surface area contributed by atoms with Gasteiger partial charge >= 0.3 is 0 Å². The minimum absolute atomic E-state index is 0.600. The van der Waals surface area contributed by atoms with Gasteiger partial charge in [0, 0.05) is 10.9 Å². The van der Waals surface area contributed by atoms with Crippen molar-refractivity contribution in [3.63, 3.8) is 0 Å². The molecule has 0 unspecified atom stereocenters. The number of allylic oxidation sites excluding steroid dienone is 4. The van der Waals surface area contributed by atoms with Crippen LogP contribution in [0.4, 0.5) is 0 Å². The minimum Gasteiger partial charge on any atom is -0.0830 e. The Kier molecular flexibility index (Phi) is 2.62. The van der Waals surface area contributed by atoms with E-state index < -0.39 is 0 Å². The van der Waals surface area contributed by atoms with Crippen molar-refractivity contribution in [2.24, 2.45) is 0 Å². The monoisotopic (exact) mass is 225 g/mol. The molecule has 1 radical (unpaired) electrons. The van der Waals surface area contributed by atoms with Gasteiger partial charge in [-0.3, -0.25) is 0 Å². The van der Waals surface area contributed by atoms with Crippen LogP contribution < -0.4 is 0 Å². The fourth-order valence-corrected chi connectivity index (χ4v) is 1.42. The van der Waals surface area contributed by atoms with Gasteiger partial charge < -0.3 is 0 Å². The lowest BCUT2D eigenvalue weighted by Gasteiger charge is -2.06. The molecule has 1 aliphatic carbocycles. The second kappa shape index (κ2) is 3.09. The first-order chi connectivity index (χ1) is 4.22. The molecule has 3 heteroatoms. The van der Waals surface area contributed by atoms with Gasteiger partial charge in [0.25, 0.3) is 0 Å². The summed E-state index contributed by atoms with van der Waals surface area (Å²) in [5, 5.41) is 1.23. The third-order valence-electron chi connectivity index (χ3n) is 1.01. The Hall–Kier alpha value is 0.540. The molecule has 0 nitrogen and oxygen atoms in total. The molecular weight excluding hydrogens is 223 g/mol. The van der Waals surface area contributed by atoms with E-state index in [-0.39, 0.29) is 0 Å². The zero-order valence-corrected chi connectivity index (χ0v) is 7.59. The highest BCUT2D eigenvalue weighted by molar-refractivity contribution is 9.11. The van der Waals surface area contributed by atoms with Crippen LogP contribution in [0, 0.1) is 6.42 Å². The van der Waals surface area contributed by atoms with Gasteiger partial charge in [0.1, 0.15) is 0 Å². The van der Waals surface area contributed by atoms with Gasteiger partial charge in [0.15, 0.2) is 0 Å². The van der Waals surface area contributed by atoms with E-state index in [0.29, 0.717) is 10.1 Å². The van der Waals surface area contributed by atoms with E-state index in [1.807, 2.05) is 12.5 Å². The fraction of sp³-hybridized carbons (Fsp3) is 0.167. The molecule has 0 heterocycles. The van der Waals surface area contributed by atoms with Crippen LogP contribution in [0.1, 0.15) is 6.42 Å². The van der Waals surface area contributed by atoms with E-state index in [2.05, 4.69) is 15.9 Å². The maximum atomic E-state index is 5.72. The molecule has 49 valence electrons. The lowest BCUT2D eigenvalue weighted by atomic mass is 10.2. The Balaban J connectivity index is 2.88. The third-order valence-corrected chi connectivity index (χ3v) is 2.81. The molecule has 0 atom stereocenters. The van der Waals surface area contributed by atoms with Crippen LogP contribution in [-0.4, -0.2) is 0 Å². The van der Waals surface area contributed by atoms with Crippen LogP contribution in [0.2, 0.25) is 0 Å². The summed E-state index contributed by atoms with van der Waals surface area (Å²) >= 11 is 14.7.